The zero-order valence-electron chi connectivity index (χ0n) is 50.0. The van der Waals surface area contributed by atoms with Gasteiger partial charge in [0.05, 0.1) is 36.9 Å². The molecule has 0 unspecified atom stereocenters. The van der Waals surface area contributed by atoms with Crippen molar-refractivity contribution >= 4 is 75.3 Å². The summed E-state index contributed by atoms with van der Waals surface area (Å²) in [4.78, 5) is 32.4. The second-order valence-electron chi connectivity index (χ2n) is 20.8. The summed E-state index contributed by atoms with van der Waals surface area (Å²) in [5, 5.41) is 1.21. The molecular formula is C62H90N4O14S3. The summed E-state index contributed by atoms with van der Waals surface area (Å²) < 4.78 is 108. The largest absolute Gasteiger partial charge is 0.494 e. The number of anilines is 2. The van der Waals surface area contributed by atoms with Crippen molar-refractivity contribution in [1.29, 1.82) is 0 Å². The molecule has 0 radical (unpaired) electrons. The van der Waals surface area contributed by atoms with Crippen LogP contribution in [-0.2, 0) is 43.3 Å². The zero-order valence-corrected chi connectivity index (χ0v) is 52.4. The number of fused-ring (bicyclic) bond motifs is 2. The number of benzene rings is 4. The first-order valence-corrected chi connectivity index (χ1v) is 34.4. The third-order valence-electron chi connectivity index (χ3n) is 13.4. The Kier molecular flexibility index (Phi) is 29.8. The van der Waals surface area contributed by atoms with Crippen molar-refractivity contribution in [2.75, 3.05) is 74.4 Å². The Morgan fingerprint density at radius 2 is 0.759 bits per heavy atom. The lowest BCUT2D eigenvalue weighted by molar-refractivity contribution is 0.103. The minimum Gasteiger partial charge on any atom is -0.494 e. The number of aryl methyl sites for hydroxylation is 2. The van der Waals surface area contributed by atoms with Crippen molar-refractivity contribution in [3.63, 3.8) is 0 Å². The summed E-state index contributed by atoms with van der Waals surface area (Å²) in [5.41, 5.74) is 3.98. The van der Waals surface area contributed by atoms with Crippen LogP contribution in [0, 0.1) is 0 Å². The Morgan fingerprint density at radius 1 is 0.458 bits per heavy atom. The van der Waals surface area contributed by atoms with Gasteiger partial charge in [-0.25, -0.2) is 16.8 Å². The van der Waals surface area contributed by atoms with E-state index < -0.39 is 30.4 Å². The Balaban J connectivity index is 0.000000329. The van der Waals surface area contributed by atoms with Crippen LogP contribution in [0.3, 0.4) is 0 Å². The van der Waals surface area contributed by atoms with Crippen molar-refractivity contribution in [2.24, 2.45) is 0 Å². The number of sulfonamides is 2. The first-order valence-electron chi connectivity index (χ1n) is 29.3. The number of nitrogens with zero attached hydrogens (tertiary/aromatic N) is 2. The van der Waals surface area contributed by atoms with Gasteiger partial charge < -0.3 is 28.1 Å². The highest BCUT2D eigenvalue weighted by atomic mass is 32.3. The van der Waals surface area contributed by atoms with Crippen LogP contribution in [0.2, 0.25) is 0 Å². The molecule has 0 amide bonds. The Morgan fingerprint density at radius 3 is 1.05 bits per heavy atom. The summed E-state index contributed by atoms with van der Waals surface area (Å²) in [6.45, 7) is 21.0. The maximum absolute atomic E-state index is 13.7. The quantitative estimate of drug-likeness (QED) is 0.0162. The van der Waals surface area contributed by atoms with Gasteiger partial charge in [-0.15, -0.1) is 0 Å². The standard InChI is InChI=1S/2C31H44N2O5S.H2O4S/c2*1-5-8-12-29-30(27-23-25(32-39(4,35)36)15-18-28(27)38-29)31(34)24-13-16-26(17-14-24)37-22-11-21-33(19-9-6-2)20-10-7-3;1-5(2,3)4/h2*13-18,23,32H,5-12,19-22H2,1-4H3;(H2,1,2,3,4). The lowest BCUT2D eigenvalue weighted by atomic mass is 9.98. The van der Waals surface area contributed by atoms with E-state index >= 15 is 0 Å². The molecule has 0 aliphatic rings. The number of furan rings is 2. The van der Waals surface area contributed by atoms with Crippen LogP contribution in [-0.4, -0.2) is 121 Å². The number of hydrogen-bond acceptors (Lipinski definition) is 14. The molecule has 4 aromatic carbocycles. The van der Waals surface area contributed by atoms with Crippen LogP contribution in [0.25, 0.3) is 21.9 Å². The van der Waals surface area contributed by atoms with Gasteiger partial charge in [0.1, 0.15) is 34.2 Å². The topological polar surface area (TPSA) is 252 Å². The first kappa shape index (κ1) is 69.7. The van der Waals surface area contributed by atoms with Crippen LogP contribution in [0.4, 0.5) is 11.4 Å². The zero-order chi connectivity index (χ0) is 61.0. The molecule has 2 aromatic heterocycles. The van der Waals surface area contributed by atoms with Gasteiger partial charge in [0.15, 0.2) is 11.6 Å². The smallest absolute Gasteiger partial charge is 0.394 e. The molecule has 0 saturated heterocycles. The monoisotopic (exact) mass is 1210 g/mol. The normalized spacial score (nSPS) is 11.8. The van der Waals surface area contributed by atoms with E-state index in [2.05, 4.69) is 60.8 Å². The average Bonchev–Trinajstić information content (AvgIpc) is 2.31. The molecule has 83 heavy (non-hydrogen) atoms. The molecule has 0 aliphatic carbocycles. The minimum absolute atomic E-state index is 0.148. The van der Waals surface area contributed by atoms with E-state index in [4.69, 9.17) is 35.8 Å². The van der Waals surface area contributed by atoms with Crippen molar-refractivity contribution in [3.05, 3.63) is 119 Å². The van der Waals surface area contributed by atoms with E-state index in [1.807, 2.05) is 24.3 Å². The number of carbonyl (C=O) groups is 2. The predicted octanol–water partition coefficient (Wildman–Crippen LogP) is 13.4. The van der Waals surface area contributed by atoms with E-state index in [1.165, 1.54) is 51.4 Å². The van der Waals surface area contributed by atoms with Gasteiger partial charge in [0.25, 0.3) is 0 Å². The number of rotatable bonds is 36. The molecular weight excluding hydrogens is 1120 g/mol. The van der Waals surface area contributed by atoms with E-state index in [1.54, 1.807) is 60.7 Å². The highest BCUT2D eigenvalue weighted by molar-refractivity contribution is 7.92. The summed E-state index contributed by atoms with van der Waals surface area (Å²) >= 11 is 0. The van der Waals surface area contributed by atoms with Gasteiger partial charge in [0.2, 0.25) is 20.0 Å². The molecule has 0 atom stereocenters. The summed E-state index contributed by atoms with van der Waals surface area (Å²) in [6, 6.07) is 24.5. The van der Waals surface area contributed by atoms with Gasteiger partial charge in [-0.05, 0) is 162 Å². The molecule has 0 bridgehead atoms. The molecule has 2 heterocycles. The van der Waals surface area contributed by atoms with E-state index in [0.29, 0.717) is 93.1 Å². The molecule has 0 spiro atoms. The molecule has 0 saturated carbocycles. The lowest BCUT2D eigenvalue weighted by Gasteiger charge is -2.21. The fourth-order valence-corrected chi connectivity index (χ4v) is 10.3. The summed E-state index contributed by atoms with van der Waals surface area (Å²) in [6.07, 6.45) is 18.8. The van der Waals surface area contributed by atoms with Crippen molar-refractivity contribution in [1.82, 2.24) is 9.80 Å². The highest BCUT2D eigenvalue weighted by Gasteiger charge is 2.25. The number of hydrogen-bond donors (Lipinski definition) is 4. The molecule has 4 N–H and O–H groups in total. The van der Waals surface area contributed by atoms with Crippen LogP contribution in [0.5, 0.6) is 11.5 Å². The molecule has 6 rings (SSSR count). The van der Waals surface area contributed by atoms with E-state index in [-0.39, 0.29) is 11.6 Å². The highest BCUT2D eigenvalue weighted by Crippen LogP contribution is 2.34. The summed E-state index contributed by atoms with van der Waals surface area (Å²) in [5.74, 6) is 2.44. The van der Waals surface area contributed by atoms with E-state index in [0.717, 1.165) is 102 Å². The van der Waals surface area contributed by atoms with Crippen molar-refractivity contribution in [3.8, 4) is 11.5 Å². The van der Waals surface area contributed by atoms with Gasteiger partial charge in [-0.2, -0.15) is 8.42 Å². The fraction of sp³-hybridized carbons (Fsp3) is 0.516. The predicted molar refractivity (Wildman–Crippen MR) is 333 cm³/mol. The molecule has 6 aromatic rings. The average molecular weight is 1210 g/mol. The number of carbonyl (C=O) groups excluding carboxylic acids is 2. The van der Waals surface area contributed by atoms with Crippen LogP contribution >= 0.6 is 0 Å². The number of ketones is 2. The number of ether oxygens (including phenoxy) is 2. The van der Waals surface area contributed by atoms with Crippen LogP contribution in [0.1, 0.15) is 175 Å². The van der Waals surface area contributed by atoms with Gasteiger partial charge in [0, 0.05) is 59.2 Å². The van der Waals surface area contributed by atoms with Gasteiger partial charge in [-0.3, -0.25) is 28.1 Å². The van der Waals surface area contributed by atoms with Crippen LogP contribution in [0.15, 0.2) is 93.8 Å². The maximum atomic E-state index is 13.7. The van der Waals surface area contributed by atoms with Crippen molar-refractivity contribution in [2.45, 2.75) is 144 Å². The number of unbranched alkanes of at least 4 members (excludes halogenated alkanes) is 6. The SMILES string of the molecule is CCCCc1oc2ccc(NS(C)(=O)=O)cc2c1C(=O)c1ccc(OCCCN(CCCC)CCCC)cc1.CCCCc1oc2ccc(NS(C)(=O)=O)cc2c1C(=O)c1ccc(OCCCN(CCCC)CCCC)cc1.O=S(=O)(O)O. The first-order chi connectivity index (χ1) is 39.5. The molecule has 0 fully saturated rings. The minimum atomic E-state index is -4.67. The Labute approximate surface area is 493 Å². The lowest BCUT2D eigenvalue weighted by Crippen LogP contribution is -2.28. The third kappa shape index (κ3) is 25.5. The van der Waals surface area contributed by atoms with Gasteiger partial charge >= 0.3 is 10.4 Å². The fourth-order valence-electron chi connectivity index (χ4n) is 9.22. The maximum Gasteiger partial charge on any atom is 0.394 e. The second kappa shape index (κ2) is 35.5. The molecule has 460 valence electrons. The summed E-state index contributed by atoms with van der Waals surface area (Å²) in [7, 11) is -11.6. The Bertz CT molecular complexity index is 3040. The van der Waals surface area contributed by atoms with E-state index in [9.17, 15) is 26.4 Å². The second-order valence-corrected chi connectivity index (χ2v) is 25.2. The Hall–Kier alpha value is -5.81. The van der Waals surface area contributed by atoms with Gasteiger partial charge in [-0.1, -0.05) is 80.1 Å². The van der Waals surface area contributed by atoms with Crippen LogP contribution < -0.4 is 18.9 Å². The number of nitrogens with one attached hydrogen (secondary N) is 2. The third-order valence-corrected chi connectivity index (χ3v) is 14.6. The molecule has 18 nitrogen and oxygen atoms in total. The molecule has 0 aliphatic heterocycles. The van der Waals surface area contributed by atoms with Crippen molar-refractivity contribution < 1.29 is 62.3 Å². The molecule has 21 heteroatoms.